The first kappa shape index (κ1) is 26.9. The van der Waals surface area contributed by atoms with Gasteiger partial charge in [0.05, 0.1) is 25.4 Å². The molecule has 3 amide bonds. The van der Waals surface area contributed by atoms with Gasteiger partial charge in [-0.05, 0) is 19.3 Å². The van der Waals surface area contributed by atoms with E-state index in [1.54, 1.807) is 0 Å². The number of carbonyl (C=O) groups excluding carboxylic acids is 3. The summed E-state index contributed by atoms with van der Waals surface area (Å²) in [5.74, 6) is -3.13. The minimum absolute atomic E-state index is 0.0132. The van der Waals surface area contributed by atoms with Gasteiger partial charge in [-0.15, -0.1) is 0 Å². The Morgan fingerprint density at radius 1 is 1.05 bits per heavy atom. The maximum atomic E-state index is 15.1. The molecule has 3 saturated heterocycles. The topological polar surface area (TPSA) is 101 Å². The Bertz CT molecular complexity index is 986. The molecule has 1 aromatic rings. The number of nitrogens with one attached hydrogen (secondary N) is 1. The van der Waals surface area contributed by atoms with Crippen LogP contribution in [-0.2, 0) is 19.1 Å². The molecule has 0 radical (unpaired) electrons. The zero-order valence-corrected chi connectivity index (χ0v) is 20.0. The number of rotatable bonds is 7. The molecule has 0 bridgehead atoms. The molecule has 3 heterocycles. The monoisotopic (exact) mass is 532 g/mol. The van der Waals surface area contributed by atoms with Crippen LogP contribution in [0.4, 0.5) is 38.5 Å². The Kier molecular flexibility index (Phi) is 8.69. The number of alkyl halides is 2. The molecule has 0 aromatic heterocycles. The maximum absolute atomic E-state index is 15.1. The van der Waals surface area contributed by atoms with Crippen LogP contribution in [0.15, 0.2) is 12.1 Å². The standard InChI is InChI=1S/C23H28F4N4O6/c24-17-11-15(30-13-16(37-23(30)34)1-2-19(32)21(26)27)12-18(25)20(17)29-5-6-31(36-10-7-29)22(33)28-14-3-8-35-9-4-14/h11-12,14,16,21H,1-10,13H2,(H,28,33)/t16-/m0/s1. The summed E-state index contributed by atoms with van der Waals surface area (Å²) in [6.45, 7) is 1.26. The number of halogens is 4. The van der Waals surface area contributed by atoms with Gasteiger partial charge in [-0.2, -0.15) is 0 Å². The first-order valence-electron chi connectivity index (χ1n) is 12.0. The molecule has 37 heavy (non-hydrogen) atoms. The highest BCUT2D eigenvalue weighted by atomic mass is 19.3. The summed E-state index contributed by atoms with van der Waals surface area (Å²) >= 11 is 0. The summed E-state index contributed by atoms with van der Waals surface area (Å²) in [7, 11) is 0. The van der Waals surface area contributed by atoms with Gasteiger partial charge in [0.15, 0.2) is 17.4 Å². The molecule has 0 spiro atoms. The van der Waals surface area contributed by atoms with Crippen LogP contribution in [0.25, 0.3) is 0 Å². The molecule has 4 rings (SSSR count). The Morgan fingerprint density at radius 2 is 1.76 bits per heavy atom. The van der Waals surface area contributed by atoms with Gasteiger partial charge in [-0.1, -0.05) is 0 Å². The van der Waals surface area contributed by atoms with Gasteiger partial charge in [-0.25, -0.2) is 32.2 Å². The molecule has 10 nitrogen and oxygen atoms in total. The van der Waals surface area contributed by atoms with E-state index in [9.17, 15) is 23.2 Å². The number of benzene rings is 1. The highest BCUT2D eigenvalue weighted by Crippen LogP contribution is 2.32. The summed E-state index contributed by atoms with van der Waals surface area (Å²) < 4.78 is 65.3. The predicted molar refractivity (Wildman–Crippen MR) is 121 cm³/mol. The molecule has 14 heteroatoms. The summed E-state index contributed by atoms with van der Waals surface area (Å²) in [5, 5.41) is 4.01. The second-order valence-electron chi connectivity index (χ2n) is 8.94. The van der Waals surface area contributed by atoms with E-state index in [0.717, 1.165) is 22.1 Å². The highest BCUT2D eigenvalue weighted by Gasteiger charge is 2.35. The van der Waals surface area contributed by atoms with Gasteiger partial charge in [0.1, 0.15) is 11.8 Å². The minimum atomic E-state index is -3.11. The van der Waals surface area contributed by atoms with Crippen LogP contribution < -0.4 is 15.1 Å². The average molecular weight is 532 g/mol. The van der Waals surface area contributed by atoms with Crippen LogP contribution in [-0.4, -0.2) is 87.5 Å². The Balaban J connectivity index is 1.37. The summed E-state index contributed by atoms with van der Waals surface area (Å²) in [4.78, 5) is 43.8. The van der Waals surface area contributed by atoms with E-state index in [2.05, 4.69) is 5.32 Å². The van der Waals surface area contributed by atoms with Crippen LogP contribution in [0.2, 0.25) is 0 Å². The van der Waals surface area contributed by atoms with Crippen molar-refractivity contribution in [2.24, 2.45) is 0 Å². The molecule has 3 aliphatic rings. The minimum Gasteiger partial charge on any atom is -0.444 e. The van der Waals surface area contributed by atoms with Crippen molar-refractivity contribution in [2.45, 2.75) is 44.3 Å². The molecular weight excluding hydrogens is 504 g/mol. The Morgan fingerprint density at radius 3 is 2.43 bits per heavy atom. The number of carbonyl (C=O) groups is 3. The van der Waals surface area contributed by atoms with Crippen molar-refractivity contribution in [2.75, 3.05) is 55.8 Å². The van der Waals surface area contributed by atoms with Crippen LogP contribution in [0.5, 0.6) is 0 Å². The maximum Gasteiger partial charge on any atom is 0.414 e. The largest absolute Gasteiger partial charge is 0.444 e. The quantitative estimate of drug-likeness (QED) is 0.539. The fourth-order valence-corrected chi connectivity index (χ4v) is 4.43. The third-order valence-electron chi connectivity index (χ3n) is 6.42. The lowest BCUT2D eigenvalue weighted by atomic mass is 10.1. The molecule has 204 valence electrons. The van der Waals surface area contributed by atoms with Gasteiger partial charge < -0.3 is 19.7 Å². The molecule has 3 aliphatic heterocycles. The number of ether oxygens (including phenoxy) is 2. The smallest absolute Gasteiger partial charge is 0.414 e. The molecule has 1 aromatic carbocycles. The predicted octanol–water partition coefficient (Wildman–Crippen LogP) is 2.85. The second kappa shape index (κ2) is 11.9. The van der Waals surface area contributed by atoms with Crippen molar-refractivity contribution >= 4 is 29.3 Å². The van der Waals surface area contributed by atoms with Crippen molar-refractivity contribution in [3.8, 4) is 0 Å². The molecule has 0 saturated carbocycles. The van der Waals surface area contributed by atoms with Crippen molar-refractivity contribution in [1.29, 1.82) is 0 Å². The number of anilines is 2. The zero-order chi connectivity index (χ0) is 26.5. The number of urea groups is 1. The Hall–Kier alpha value is -3.13. The molecule has 0 aliphatic carbocycles. The molecule has 0 unspecified atom stereocenters. The molecular formula is C23H28F4N4O6. The first-order valence-corrected chi connectivity index (χ1v) is 12.0. The number of nitrogens with zero attached hydrogens (tertiary/aromatic N) is 3. The highest BCUT2D eigenvalue weighted by molar-refractivity contribution is 5.90. The van der Waals surface area contributed by atoms with E-state index in [0.29, 0.717) is 26.1 Å². The molecule has 1 N–H and O–H groups in total. The van der Waals surface area contributed by atoms with Gasteiger partial charge in [0.2, 0.25) is 0 Å². The first-order chi connectivity index (χ1) is 17.7. The van der Waals surface area contributed by atoms with E-state index >= 15 is 8.78 Å². The van der Waals surface area contributed by atoms with Crippen LogP contribution in [0, 0.1) is 11.6 Å². The number of ketones is 1. The van der Waals surface area contributed by atoms with E-state index in [4.69, 9.17) is 14.3 Å². The number of hydrogen-bond donors (Lipinski definition) is 1. The number of hydroxylamine groups is 2. The summed E-state index contributed by atoms with van der Waals surface area (Å²) in [5.41, 5.74) is -0.430. The number of cyclic esters (lactones) is 1. The lowest BCUT2D eigenvalue weighted by molar-refractivity contribution is -0.129. The molecule has 3 fully saturated rings. The number of hydrogen-bond acceptors (Lipinski definition) is 7. The van der Waals surface area contributed by atoms with Gasteiger partial charge >= 0.3 is 12.1 Å². The second-order valence-corrected chi connectivity index (χ2v) is 8.94. The van der Waals surface area contributed by atoms with Gasteiger partial charge in [0.25, 0.3) is 6.43 Å². The average Bonchev–Trinajstić information content (AvgIpc) is 3.07. The van der Waals surface area contributed by atoms with Crippen molar-refractivity contribution in [3.63, 3.8) is 0 Å². The molecule has 1 atom stereocenters. The fourth-order valence-electron chi connectivity index (χ4n) is 4.43. The SMILES string of the molecule is O=C(CC[C@H]1CN(c2cc(F)c(N3CCON(C(=O)NC4CCOCC4)CC3)c(F)c2)C(=O)O1)C(F)F. The zero-order valence-electron chi connectivity index (χ0n) is 20.0. The number of amides is 3. The third kappa shape index (κ3) is 6.60. The lowest BCUT2D eigenvalue weighted by Crippen LogP contribution is -2.47. The van der Waals surface area contributed by atoms with E-state index in [1.807, 2.05) is 0 Å². The van der Waals surface area contributed by atoms with Crippen LogP contribution in [0.3, 0.4) is 0 Å². The van der Waals surface area contributed by atoms with Crippen molar-refractivity contribution in [1.82, 2.24) is 10.4 Å². The van der Waals surface area contributed by atoms with Crippen LogP contribution in [0.1, 0.15) is 25.7 Å². The Labute approximate surface area is 210 Å². The van der Waals surface area contributed by atoms with Gasteiger partial charge in [0, 0.05) is 50.9 Å². The van der Waals surface area contributed by atoms with Crippen molar-refractivity contribution < 1.29 is 46.3 Å². The lowest BCUT2D eigenvalue weighted by Gasteiger charge is -2.27. The fraction of sp³-hybridized carbons (Fsp3) is 0.609. The summed E-state index contributed by atoms with van der Waals surface area (Å²) in [6, 6.07) is 1.50. The van der Waals surface area contributed by atoms with Gasteiger partial charge in [-0.3, -0.25) is 14.5 Å². The van der Waals surface area contributed by atoms with E-state index < -0.39 is 48.5 Å². The normalized spacial score (nSPS) is 21.3. The van der Waals surface area contributed by atoms with E-state index in [-0.39, 0.29) is 56.6 Å². The summed E-state index contributed by atoms with van der Waals surface area (Å²) in [6.07, 6.45) is -4.09. The third-order valence-corrected chi connectivity index (χ3v) is 6.42. The number of Topliss-reactive ketones (excluding diaryl/α,β-unsaturated/α-hetero) is 1. The van der Waals surface area contributed by atoms with Crippen LogP contribution >= 0.6 is 0 Å². The van der Waals surface area contributed by atoms with Crippen molar-refractivity contribution in [3.05, 3.63) is 23.8 Å². The van der Waals surface area contributed by atoms with E-state index in [1.165, 1.54) is 4.90 Å².